The van der Waals surface area contributed by atoms with Crippen LogP contribution in [-0.2, 0) is 10.0 Å². The third kappa shape index (κ3) is 1.80. The molecule has 5 nitrogen and oxygen atoms in total. The van der Waals surface area contributed by atoms with Gasteiger partial charge in [-0.3, -0.25) is 4.79 Å². The van der Waals surface area contributed by atoms with E-state index in [2.05, 4.69) is 0 Å². The first-order chi connectivity index (χ1) is 7.94. The van der Waals surface area contributed by atoms with Crippen LogP contribution >= 0.6 is 0 Å². The van der Waals surface area contributed by atoms with E-state index in [1.807, 2.05) is 0 Å². The highest BCUT2D eigenvalue weighted by Crippen LogP contribution is 2.13. The van der Waals surface area contributed by atoms with Gasteiger partial charge >= 0.3 is 5.56 Å². The SMILES string of the molecule is Cc1on(S(=O)(=O)c2ccccc2)c(=O)c1C. The molecule has 17 heavy (non-hydrogen) atoms. The monoisotopic (exact) mass is 253 g/mol. The van der Waals surface area contributed by atoms with Gasteiger partial charge in [0.1, 0.15) is 5.76 Å². The highest BCUT2D eigenvalue weighted by atomic mass is 32.2. The summed E-state index contributed by atoms with van der Waals surface area (Å²) in [6.45, 7) is 3.08. The molecule has 0 unspecified atom stereocenters. The first kappa shape index (κ1) is 11.7. The van der Waals surface area contributed by atoms with Gasteiger partial charge < -0.3 is 4.52 Å². The predicted octanol–water partition coefficient (Wildman–Crippen LogP) is 1.30. The number of nitrogens with zero attached hydrogens (tertiary/aromatic N) is 1. The first-order valence-electron chi connectivity index (χ1n) is 4.95. The summed E-state index contributed by atoms with van der Waals surface area (Å²) in [6, 6.07) is 7.69. The van der Waals surface area contributed by atoms with E-state index in [4.69, 9.17) is 4.52 Å². The van der Waals surface area contributed by atoms with Gasteiger partial charge in [-0.25, -0.2) is 0 Å². The molecule has 1 aromatic carbocycles. The van der Waals surface area contributed by atoms with Crippen molar-refractivity contribution >= 4 is 10.0 Å². The first-order valence-corrected chi connectivity index (χ1v) is 6.39. The number of rotatable bonds is 2. The zero-order valence-electron chi connectivity index (χ0n) is 9.38. The minimum atomic E-state index is -3.93. The highest BCUT2D eigenvalue weighted by molar-refractivity contribution is 7.89. The van der Waals surface area contributed by atoms with Gasteiger partial charge in [0.25, 0.3) is 10.0 Å². The largest absolute Gasteiger partial charge is 0.365 e. The van der Waals surface area contributed by atoms with Crippen molar-refractivity contribution in [3.63, 3.8) is 0 Å². The van der Waals surface area contributed by atoms with Gasteiger partial charge in [-0.2, -0.15) is 8.42 Å². The van der Waals surface area contributed by atoms with Gasteiger partial charge in [0.2, 0.25) is 0 Å². The summed E-state index contributed by atoms with van der Waals surface area (Å²) < 4.78 is 29.6. The van der Waals surface area contributed by atoms with Crippen molar-refractivity contribution < 1.29 is 12.9 Å². The maximum absolute atomic E-state index is 12.1. The van der Waals surface area contributed by atoms with E-state index in [-0.39, 0.29) is 4.90 Å². The van der Waals surface area contributed by atoms with Crippen molar-refractivity contribution in [3.8, 4) is 0 Å². The summed E-state index contributed by atoms with van der Waals surface area (Å²) >= 11 is 0. The minimum Gasteiger partial charge on any atom is -0.365 e. The lowest BCUT2D eigenvalue weighted by Crippen LogP contribution is -2.24. The van der Waals surface area contributed by atoms with Gasteiger partial charge in [-0.1, -0.05) is 22.3 Å². The molecular weight excluding hydrogens is 242 g/mol. The Hall–Kier alpha value is -1.82. The number of hydrogen-bond acceptors (Lipinski definition) is 4. The van der Waals surface area contributed by atoms with Crippen LogP contribution in [0.5, 0.6) is 0 Å². The Kier molecular flexibility index (Phi) is 2.66. The number of hydrogen-bond donors (Lipinski definition) is 0. The molecule has 0 spiro atoms. The van der Waals surface area contributed by atoms with E-state index in [0.29, 0.717) is 15.5 Å². The maximum Gasteiger partial charge on any atom is 0.301 e. The third-order valence-corrected chi connectivity index (χ3v) is 4.04. The van der Waals surface area contributed by atoms with Crippen LogP contribution in [0.15, 0.2) is 44.5 Å². The summed E-state index contributed by atoms with van der Waals surface area (Å²) in [5.74, 6) is 0.300. The third-order valence-electron chi connectivity index (χ3n) is 2.49. The standard InChI is InChI=1S/C11H11NO4S/c1-8-9(2)16-12(11(8)13)17(14,15)10-6-4-3-5-7-10/h3-7H,1-2H3. The highest BCUT2D eigenvalue weighted by Gasteiger charge is 2.23. The molecule has 0 aliphatic carbocycles. The average molecular weight is 253 g/mol. The van der Waals surface area contributed by atoms with E-state index in [1.165, 1.54) is 19.1 Å². The Morgan fingerprint density at radius 3 is 2.18 bits per heavy atom. The summed E-state index contributed by atoms with van der Waals surface area (Å²) in [7, 11) is -3.93. The average Bonchev–Trinajstić information content (AvgIpc) is 2.59. The molecule has 0 saturated carbocycles. The van der Waals surface area contributed by atoms with Gasteiger partial charge in [0, 0.05) is 0 Å². The van der Waals surface area contributed by atoms with Crippen molar-refractivity contribution in [3.05, 3.63) is 52.0 Å². The molecule has 0 atom stereocenters. The van der Waals surface area contributed by atoms with Gasteiger partial charge in [-0.05, 0) is 26.0 Å². The Morgan fingerprint density at radius 1 is 1.12 bits per heavy atom. The molecule has 0 bridgehead atoms. The van der Waals surface area contributed by atoms with Crippen LogP contribution in [0.2, 0.25) is 0 Å². The van der Waals surface area contributed by atoms with E-state index in [1.54, 1.807) is 25.1 Å². The molecule has 1 heterocycles. The van der Waals surface area contributed by atoms with Crippen LogP contribution in [-0.4, -0.2) is 12.6 Å². The topological polar surface area (TPSA) is 69.3 Å². The van der Waals surface area contributed by atoms with Gasteiger partial charge in [-0.15, -0.1) is 0 Å². The maximum atomic E-state index is 12.1. The lowest BCUT2D eigenvalue weighted by atomic mass is 10.3. The van der Waals surface area contributed by atoms with Crippen molar-refractivity contribution in [1.29, 1.82) is 0 Å². The number of benzene rings is 1. The summed E-state index contributed by atoms with van der Waals surface area (Å²) in [5, 5.41) is 0. The summed E-state index contributed by atoms with van der Waals surface area (Å²) in [5.41, 5.74) is -0.351. The molecule has 0 radical (unpaired) electrons. The van der Waals surface area contributed by atoms with Crippen LogP contribution in [0, 0.1) is 13.8 Å². The van der Waals surface area contributed by atoms with Gasteiger partial charge in [0.05, 0.1) is 10.5 Å². The van der Waals surface area contributed by atoms with Crippen molar-refractivity contribution in [1.82, 2.24) is 4.15 Å². The van der Waals surface area contributed by atoms with E-state index < -0.39 is 15.6 Å². The molecule has 90 valence electrons. The molecule has 6 heteroatoms. The molecule has 1 aromatic heterocycles. The fourth-order valence-corrected chi connectivity index (χ4v) is 2.63. The zero-order valence-corrected chi connectivity index (χ0v) is 10.2. The molecule has 0 saturated heterocycles. The lowest BCUT2D eigenvalue weighted by molar-refractivity contribution is 0.342. The van der Waals surface area contributed by atoms with Crippen LogP contribution in [0.1, 0.15) is 11.3 Å². The minimum absolute atomic E-state index is 0.0239. The summed E-state index contributed by atoms with van der Waals surface area (Å²) in [4.78, 5) is 11.7. The Morgan fingerprint density at radius 2 is 1.71 bits per heavy atom. The predicted molar refractivity (Wildman–Crippen MR) is 61.5 cm³/mol. The molecular formula is C11H11NO4S. The summed E-state index contributed by atoms with van der Waals surface area (Å²) in [6.07, 6.45) is 0. The molecule has 0 fully saturated rings. The van der Waals surface area contributed by atoms with Crippen LogP contribution in [0.4, 0.5) is 0 Å². The van der Waals surface area contributed by atoms with Crippen LogP contribution < -0.4 is 5.56 Å². The second-order valence-corrected chi connectivity index (χ2v) is 5.38. The Balaban J connectivity index is 2.69. The molecule has 0 amide bonds. The van der Waals surface area contributed by atoms with E-state index in [9.17, 15) is 13.2 Å². The quantitative estimate of drug-likeness (QED) is 0.808. The fourth-order valence-electron chi connectivity index (χ4n) is 1.37. The second kappa shape index (κ2) is 3.89. The Labute approximate surface area is 98.3 Å². The van der Waals surface area contributed by atoms with Crippen LogP contribution in [0.3, 0.4) is 0 Å². The van der Waals surface area contributed by atoms with Crippen LogP contribution in [0.25, 0.3) is 0 Å². The Bertz CT molecular complexity index is 695. The van der Waals surface area contributed by atoms with Crippen molar-refractivity contribution in [2.45, 2.75) is 18.7 Å². The molecule has 2 aromatic rings. The lowest BCUT2D eigenvalue weighted by Gasteiger charge is -2.01. The smallest absolute Gasteiger partial charge is 0.301 e. The fraction of sp³-hybridized carbons (Fsp3) is 0.182. The van der Waals surface area contributed by atoms with E-state index >= 15 is 0 Å². The molecule has 0 aliphatic rings. The zero-order chi connectivity index (χ0) is 12.6. The number of aromatic nitrogens is 1. The van der Waals surface area contributed by atoms with Crippen molar-refractivity contribution in [2.24, 2.45) is 0 Å². The second-order valence-electron chi connectivity index (χ2n) is 3.62. The van der Waals surface area contributed by atoms with E-state index in [0.717, 1.165) is 0 Å². The molecule has 2 rings (SSSR count). The van der Waals surface area contributed by atoms with Crippen molar-refractivity contribution in [2.75, 3.05) is 0 Å². The number of aryl methyl sites for hydroxylation is 1. The van der Waals surface area contributed by atoms with Gasteiger partial charge in [0.15, 0.2) is 0 Å². The molecule has 0 N–H and O–H groups in total. The molecule has 0 aliphatic heterocycles. The normalized spacial score (nSPS) is 11.6.